The van der Waals surface area contributed by atoms with Gasteiger partial charge < -0.3 is 4.74 Å². The molecule has 4 nitrogen and oxygen atoms in total. The van der Waals surface area contributed by atoms with Crippen LogP contribution in [-0.4, -0.2) is 16.7 Å². The smallest absolute Gasteiger partial charge is 0.378 e. The van der Waals surface area contributed by atoms with Crippen LogP contribution in [0.3, 0.4) is 0 Å². The van der Waals surface area contributed by atoms with Gasteiger partial charge in [0.2, 0.25) is 0 Å². The van der Waals surface area contributed by atoms with Crippen LogP contribution in [0.4, 0.5) is 0 Å². The number of carbonyl (C=O) groups is 1. The van der Waals surface area contributed by atoms with Crippen molar-refractivity contribution in [3.05, 3.63) is 36.5 Å². The van der Waals surface area contributed by atoms with E-state index in [2.05, 4.69) is 5.10 Å². The number of carbonyl (C=O) groups excluding carboxylic acids is 1. The van der Waals surface area contributed by atoms with Crippen LogP contribution in [0.15, 0.2) is 36.5 Å². The number of rotatable bonds is 2. The number of hydrogen-bond acceptors (Lipinski definition) is 3. The van der Waals surface area contributed by atoms with Gasteiger partial charge in [0.1, 0.15) is 11.1 Å². The van der Waals surface area contributed by atoms with Crippen LogP contribution >= 0.6 is 0 Å². The van der Waals surface area contributed by atoms with Gasteiger partial charge in [-0.1, -0.05) is 22.9 Å². The van der Waals surface area contributed by atoms with Crippen LogP contribution in [0.1, 0.15) is 33.7 Å². The second-order valence-corrected chi connectivity index (χ2v) is 5.56. The zero-order valence-corrected chi connectivity index (χ0v) is 11.8. The summed E-state index contributed by atoms with van der Waals surface area (Å²) in [4.78, 5) is 12.0. The summed E-state index contributed by atoms with van der Waals surface area (Å²) >= 11 is 0. The summed E-state index contributed by atoms with van der Waals surface area (Å²) in [5.41, 5.74) is 0.378. The molecule has 0 aliphatic carbocycles. The molecular formula is C15H19N2O2+. The Morgan fingerprint density at radius 1 is 1.26 bits per heavy atom. The minimum atomic E-state index is -0.483. The van der Waals surface area contributed by atoms with Gasteiger partial charge in [-0.2, -0.15) is 0 Å². The third kappa shape index (κ3) is 3.28. The summed E-state index contributed by atoms with van der Waals surface area (Å²) in [6, 6.07) is 9.31. The van der Waals surface area contributed by atoms with E-state index in [-0.39, 0.29) is 5.97 Å². The van der Waals surface area contributed by atoms with Crippen molar-refractivity contribution in [3.63, 3.8) is 0 Å². The maximum absolute atomic E-state index is 12.0. The van der Waals surface area contributed by atoms with E-state index in [1.807, 2.05) is 51.1 Å². The molecule has 0 N–H and O–H groups in total. The van der Waals surface area contributed by atoms with Gasteiger partial charge in [0.25, 0.3) is 6.04 Å². The van der Waals surface area contributed by atoms with Crippen molar-refractivity contribution in [3.8, 4) is 0 Å². The Hall–Kier alpha value is -1.97. The second kappa shape index (κ2) is 4.96. The van der Waals surface area contributed by atoms with Crippen LogP contribution in [0.2, 0.25) is 0 Å². The highest BCUT2D eigenvalue weighted by Crippen LogP contribution is 2.12. The lowest BCUT2D eigenvalue weighted by Gasteiger charge is -2.19. The number of ether oxygens (including phenoxy) is 1. The SMILES string of the molecule is CC(C(=O)OC(C)(C)C)[n+]1ccc2ccccc2n1. The Balaban J connectivity index is 2.26. The van der Waals surface area contributed by atoms with Crippen LogP contribution in [0.25, 0.3) is 10.9 Å². The predicted octanol–water partition coefficient (Wildman–Crippen LogP) is 2.43. The van der Waals surface area contributed by atoms with E-state index >= 15 is 0 Å². The molecule has 1 unspecified atom stereocenters. The third-order valence-electron chi connectivity index (χ3n) is 2.71. The summed E-state index contributed by atoms with van der Waals surface area (Å²) in [7, 11) is 0. The normalized spacial score (nSPS) is 13.3. The molecule has 0 radical (unpaired) electrons. The van der Waals surface area contributed by atoms with Crippen molar-refractivity contribution in [1.82, 2.24) is 5.10 Å². The number of hydrogen-bond donors (Lipinski definition) is 0. The van der Waals surface area contributed by atoms with E-state index < -0.39 is 11.6 Å². The van der Waals surface area contributed by atoms with Gasteiger partial charge in [0.15, 0.2) is 6.20 Å². The van der Waals surface area contributed by atoms with Gasteiger partial charge in [0, 0.05) is 23.5 Å². The van der Waals surface area contributed by atoms with E-state index in [4.69, 9.17) is 4.74 Å². The average molecular weight is 259 g/mol. The standard InChI is InChI=1S/C15H19N2O2/c1-11(14(18)19-15(2,3)4)17-10-9-12-7-5-6-8-13(12)16-17/h5-11H,1-4H3/q+1. The fourth-order valence-electron chi connectivity index (χ4n) is 1.74. The summed E-state index contributed by atoms with van der Waals surface area (Å²) in [5, 5.41) is 5.49. The zero-order valence-electron chi connectivity index (χ0n) is 11.8. The maximum Gasteiger partial charge on any atom is 0.378 e. The lowest BCUT2D eigenvalue weighted by molar-refractivity contribution is -0.761. The first-order valence-electron chi connectivity index (χ1n) is 6.37. The highest BCUT2D eigenvalue weighted by molar-refractivity contribution is 5.77. The monoisotopic (exact) mass is 259 g/mol. The Kier molecular flexibility index (Phi) is 3.51. The van der Waals surface area contributed by atoms with E-state index in [9.17, 15) is 4.79 Å². The fraction of sp³-hybridized carbons (Fsp3) is 0.400. The molecule has 1 aromatic heterocycles. The van der Waals surface area contributed by atoms with Crippen molar-refractivity contribution in [1.29, 1.82) is 0 Å². The highest BCUT2D eigenvalue weighted by atomic mass is 16.6. The Labute approximate surface area is 113 Å². The Morgan fingerprint density at radius 2 is 1.95 bits per heavy atom. The molecule has 19 heavy (non-hydrogen) atoms. The molecule has 1 heterocycles. The largest absolute Gasteiger partial charge is 0.455 e. The quantitative estimate of drug-likeness (QED) is 0.614. The fourth-order valence-corrected chi connectivity index (χ4v) is 1.74. The van der Waals surface area contributed by atoms with Gasteiger partial charge in [-0.05, 0) is 26.8 Å². The minimum Gasteiger partial charge on any atom is -0.455 e. The molecular weight excluding hydrogens is 240 g/mol. The number of aromatic nitrogens is 2. The Bertz CT molecular complexity index is 602. The van der Waals surface area contributed by atoms with Crippen LogP contribution in [0.5, 0.6) is 0 Å². The van der Waals surface area contributed by atoms with Crippen molar-refractivity contribution >= 4 is 16.9 Å². The van der Waals surface area contributed by atoms with E-state index in [1.54, 1.807) is 17.8 Å². The predicted molar refractivity (Wildman–Crippen MR) is 72.5 cm³/mol. The molecule has 0 bridgehead atoms. The number of fused-ring (bicyclic) bond motifs is 1. The summed E-state index contributed by atoms with van der Waals surface area (Å²) in [5.74, 6) is -0.278. The number of benzene rings is 1. The Morgan fingerprint density at radius 3 is 2.63 bits per heavy atom. The van der Waals surface area contributed by atoms with Crippen molar-refractivity contribution in [2.45, 2.75) is 39.3 Å². The first kappa shape index (κ1) is 13.5. The molecule has 0 fully saturated rings. The van der Waals surface area contributed by atoms with Crippen LogP contribution in [0, 0.1) is 0 Å². The molecule has 1 atom stereocenters. The maximum atomic E-state index is 12.0. The molecule has 2 aromatic rings. The molecule has 0 amide bonds. The van der Waals surface area contributed by atoms with Gasteiger partial charge in [-0.15, -0.1) is 0 Å². The van der Waals surface area contributed by atoms with E-state index in [1.165, 1.54) is 0 Å². The molecule has 1 aromatic carbocycles. The first-order valence-corrected chi connectivity index (χ1v) is 6.37. The molecule has 4 heteroatoms. The number of esters is 1. The summed E-state index contributed by atoms with van der Waals surface area (Å²) in [6.45, 7) is 7.36. The minimum absolute atomic E-state index is 0.278. The molecule has 2 rings (SSSR count). The summed E-state index contributed by atoms with van der Waals surface area (Å²) < 4.78 is 7.00. The van der Waals surface area contributed by atoms with Gasteiger partial charge >= 0.3 is 5.97 Å². The van der Waals surface area contributed by atoms with Gasteiger partial charge in [-0.3, -0.25) is 0 Å². The second-order valence-electron chi connectivity index (χ2n) is 5.56. The van der Waals surface area contributed by atoms with Gasteiger partial charge in [0.05, 0.1) is 0 Å². The van der Waals surface area contributed by atoms with Crippen LogP contribution < -0.4 is 4.68 Å². The molecule has 100 valence electrons. The molecule has 0 spiro atoms. The molecule has 0 aliphatic rings. The van der Waals surface area contributed by atoms with Crippen molar-refractivity contribution < 1.29 is 14.2 Å². The van der Waals surface area contributed by atoms with E-state index in [0.717, 1.165) is 10.9 Å². The summed E-state index contributed by atoms with van der Waals surface area (Å²) in [6.07, 6.45) is 1.80. The average Bonchev–Trinajstić information content (AvgIpc) is 2.35. The first-order chi connectivity index (χ1) is 8.87. The van der Waals surface area contributed by atoms with Crippen molar-refractivity contribution in [2.24, 2.45) is 0 Å². The highest BCUT2D eigenvalue weighted by Gasteiger charge is 2.29. The molecule has 0 saturated carbocycles. The van der Waals surface area contributed by atoms with Crippen LogP contribution in [-0.2, 0) is 9.53 Å². The zero-order chi connectivity index (χ0) is 14.0. The molecule has 0 saturated heterocycles. The molecule has 0 aliphatic heterocycles. The van der Waals surface area contributed by atoms with Crippen molar-refractivity contribution in [2.75, 3.05) is 0 Å². The van der Waals surface area contributed by atoms with E-state index in [0.29, 0.717) is 0 Å². The lowest BCUT2D eigenvalue weighted by atomic mass is 10.2. The topological polar surface area (TPSA) is 43.1 Å². The number of nitrogens with zero attached hydrogens (tertiary/aromatic N) is 2. The van der Waals surface area contributed by atoms with Gasteiger partial charge in [-0.25, -0.2) is 4.79 Å². The third-order valence-corrected chi connectivity index (χ3v) is 2.71. The lowest BCUT2D eigenvalue weighted by Crippen LogP contribution is -2.47.